The number of fused-ring (bicyclic) bond motifs is 1. The van der Waals surface area contributed by atoms with Gasteiger partial charge in [0.2, 0.25) is 0 Å². The first kappa shape index (κ1) is 21.7. The van der Waals surface area contributed by atoms with Crippen LogP contribution >= 0.6 is 0 Å². The molecule has 0 aliphatic heterocycles. The van der Waals surface area contributed by atoms with Crippen molar-refractivity contribution in [3.05, 3.63) is 109 Å². The van der Waals surface area contributed by atoms with Gasteiger partial charge in [-0.1, -0.05) is 60.7 Å². The number of nitrogens with two attached hydrogens (primary N) is 1. The summed E-state index contributed by atoms with van der Waals surface area (Å²) in [5.74, 6) is 0.920. The number of rotatable bonds is 7. The van der Waals surface area contributed by atoms with E-state index in [0.717, 1.165) is 63.3 Å². The van der Waals surface area contributed by atoms with E-state index in [-0.39, 0.29) is 0 Å². The third-order valence-electron chi connectivity index (χ3n) is 6.06. The van der Waals surface area contributed by atoms with Gasteiger partial charge in [0.25, 0.3) is 0 Å². The summed E-state index contributed by atoms with van der Waals surface area (Å²) in [6.45, 7) is 1.34. The quantitative estimate of drug-likeness (QED) is 0.358. The van der Waals surface area contributed by atoms with Gasteiger partial charge in [-0.25, -0.2) is 9.97 Å². The molecular formula is C29H27N5. The van der Waals surface area contributed by atoms with Gasteiger partial charge in [-0.2, -0.15) is 0 Å². The molecule has 5 nitrogen and oxygen atoms in total. The second kappa shape index (κ2) is 9.81. The highest BCUT2D eigenvalue weighted by Crippen LogP contribution is 2.35. The van der Waals surface area contributed by atoms with Crippen LogP contribution in [0.5, 0.6) is 0 Å². The van der Waals surface area contributed by atoms with Gasteiger partial charge in [-0.15, -0.1) is 0 Å². The Kier molecular flexibility index (Phi) is 6.27. The van der Waals surface area contributed by atoms with Crippen molar-refractivity contribution < 1.29 is 0 Å². The molecule has 34 heavy (non-hydrogen) atoms. The Morgan fingerprint density at radius 1 is 0.794 bits per heavy atom. The van der Waals surface area contributed by atoms with Crippen LogP contribution in [0.25, 0.3) is 33.3 Å². The molecule has 3 heterocycles. The molecule has 5 heteroatoms. The predicted molar refractivity (Wildman–Crippen MR) is 140 cm³/mol. The summed E-state index contributed by atoms with van der Waals surface area (Å²) in [4.78, 5) is 16.5. The second-order valence-electron chi connectivity index (χ2n) is 8.35. The standard InChI is InChI=1S/C29H27N5/c1-34(18-15-24-9-5-6-16-31-24)29-26-19-25(22-7-3-2-4-8-22)28(33-27(26)14-17-32-29)23-12-10-21(20-30)11-13-23/h2-14,16-17,19H,15,18,20,30H2,1H3. The van der Waals surface area contributed by atoms with Crippen molar-refractivity contribution in [1.82, 2.24) is 15.0 Å². The minimum absolute atomic E-state index is 0.525. The number of hydrogen-bond acceptors (Lipinski definition) is 5. The fourth-order valence-corrected chi connectivity index (χ4v) is 4.18. The van der Waals surface area contributed by atoms with Gasteiger partial charge in [0, 0.05) is 61.2 Å². The van der Waals surface area contributed by atoms with Gasteiger partial charge in [0.1, 0.15) is 5.82 Å². The average Bonchev–Trinajstić information content (AvgIpc) is 2.91. The maximum atomic E-state index is 5.81. The molecule has 0 fully saturated rings. The van der Waals surface area contributed by atoms with E-state index in [1.54, 1.807) is 0 Å². The summed E-state index contributed by atoms with van der Waals surface area (Å²) >= 11 is 0. The lowest BCUT2D eigenvalue weighted by molar-refractivity contribution is 0.843. The summed E-state index contributed by atoms with van der Waals surface area (Å²) in [5, 5.41) is 1.03. The monoisotopic (exact) mass is 445 g/mol. The molecule has 3 aromatic heterocycles. The number of pyridine rings is 3. The van der Waals surface area contributed by atoms with Crippen molar-refractivity contribution in [1.29, 1.82) is 0 Å². The van der Waals surface area contributed by atoms with Crippen LogP contribution in [-0.2, 0) is 13.0 Å². The Bertz CT molecular complexity index is 1380. The van der Waals surface area contributed by atoms with E-state index < -0.39 is 0 Å². The maximum absolute atomic E-state index is 5.81. The number of nitrogens with zero attached hydrogens (tertiary/aromatic N) is 4. The predicted octanol–water partition coefficient (Wildman–Crippen LogP) is 5.50. The molecule has 5 aromatic rings. The molecule has 168 valence electrons. The zero-order valence-electron chi connectivity index (χ0n) is 19.2. The Labute approximate surface area is 200 Å². The first-order chi connectivity index (χ1) is 16.7. The third-order valence-corrected chi connectivity index (χ3v) is 6.06. The minimum Gasteiger partial charge on any atom is -0.359 e. The zero-order valence-corrected chi connectivity index (χ0v) is 19.2. The molecular weight excluding hydrogens is 418 g/mol. The van der Waals surface area contributed by atoms with Crippen molar-refractivity contribution in [2.75, 3.05) is 18.5 Å². The first-order valence-corrected chi connectivity index (χ1v) is 11.5. The normalized spacial score (nSPS) is 11.0. The molecule has 0 spiro atoms. The Morgan fingerprint density at radius 3 is 2.32 bits per heavy atom. The number of anilines is 1. The van der Waals surface area contributed by atoms with Gasteiger partial charge in [-0.3, -0.25) is 4.98 Å². The molecule has 0 saturated heterocycles. The van der Waals surface area contributed by atoms with E-state index in [2.05, 4.69) is 77.6 Å². The first-order valence-electron chi connectivity index (χ1n) is 11.5. The lowest BCUT2D eigenvalue weighted by Crippen LogP contribution is -2.22. The average molecular weight is 446 g/mol. The molecule has 0 saturated carbocycles. The summed E-state index contributed by atoms with van der Waals surface area (Å²) in [5.41, 5.74) is 13.1. The van der Waals surface area contributed by atoms with E-state index in [1.165, 1.54) is 0 Å². The highest BCUT2D eigenvalue weighted by Gasteiger charge is 2.16. The molecule has 0 bridgehead atoms. The van der Waals surface area contributed by atoms with Crippen LogP contribution in [0, 0.1) is 0 Å². The summed E-state index contributed by atoms with van der Waals surface area (Å²) < 4.78 is 0. The molecule has 5 rings (SSSR count). The Morgan fingerprint density at radius 2 is 1.59 bits per heavy atom. The van der Waals surface area contributed by atoms with Gasteiger partial charge in [0.15, 0.2) is 0 Å². The highest BCUT2D eigenvalue weighted by molar-refractivity contribution is 5.97. The zero-order chi connectivity index (χ0) is 23.3. The fraction of sp³-hybridized carbons (Fsp3) is 0.138. The molecule has 0 atom stereocenters. The van der Waals surface area contributed by atoms with Crippen LogP contribution in [0.1, 0.15) is 11.3 Å². The maximum Gasteiger partial charge on any atom is 0.137 e. The Balaban J connectivity index is 1.60. The number of benzene rings is 2. The largest absolute Gasteiger partial charge is 0.359 e. The fourth-order valence-electron chi connectivity index (χ4n) is 4.18. The second-order valence-corrected chi connectivity index (χ2v) is 8.35. The van der Waals surface area contributed by atoms with Crippen LogP contribution in [0.4, 0.5) is 5.82 Å². The summed E-state index contributed by atoms with van der Waals surface area (Å²) in [7, 11) is 2.08. The van der Waals surface area contributed by atoms with E-state index >= 15 is 0 Å². The minimum atomic E-state index is 0.525. The molecule has 2 N–H and O–H groups in total. The van der Waals surface area contributed by atoms with Crippen LogP contribution in [0.3, 0.4) is 0 Å². The van der Waals surface area contributed by atoms with Crippen LogP contribution < -0.4 is 10.6 Å². The topological polar surface area (TPSA) is 67.9 Å². The molecule has 0 amide bonds. The lowest BCUT2D eigenvalue weighted by Gasteiger charge is -2.21. The summed E-state index contributed by atoms with van der Waals surface area (Å²) in [6, 6.07) is 29.0. The van der Waals surface area contributed by atoms with Crippen LogP contribution in [0.15, 0.2) is 97.3 Å². The van der Waals surface area contributed by atoms with Gasteiger partial charge < -0.3 is 10.6 Å². The van der Waals surface area contributed by atoms with Crippen molar-refractivity contribution in [3.8, 4) is 22.4 Å². The van der Waals surface area contributed by atoms with E-state index in [4.69, 9.17) is 15.7 Å². The molecule has 0 unspecified atom stereocenters. The SMILES string of the molecule is CN(CCc1ccccn1)c1nccc2nc(-c3ccc(CN)cc3)c(-c3ccccc3)cc12. The smallest absolute Gasteiger partial charge is 0.137 e. The highest BCUT2D eigenvalue weighted by atomic mass is 15.2. The lowest BCUT2D eigenvalue weighted by atomic mass is 9.97. The number of aromatic nitrogens is 3. The number of hydrogen-bond donors (Lipinski definition) is 1. The van der Waals surface area contributed by atoms with E-state index in [0.29, 0.717) is 6.54 Å². The van der Waals surface area contributed by atoms with Crippen molar-refractivity contribution in [3.63, 3.8) is 0 Å². The van der Waals surface area contributed by atoms with E-state index in [9.17, 15) is 0 Å². The van der Waals surface area contributed by atoms with Crippen molar-refractivity contribution in [2.45, 2.75) is 13.0 Å². The third kappa shape index (κ3) is 4.51. The van der Waals surface area contributed by atoms with E-state index in [1.807, 2.05) is 36.7 Å². The molecule has 0 aliphatic rings. The van der Waals surface area contributed by atoms with Crippen molar-refractivity contribution in [2.24, 2.45) is 5.73 Å². The number of likely N-dealkylation sites (N-methyl/N-ethyl adjacent to an activating group) is 1. The van der Waals surface area contributed by atoms with Crippen LogP contribution in [-0.4, -0.2) is 28.5 Å². The summed E-state index contributed by atoms with van der Waals surface area (Å²) in [6.07, 6.45) is 4.52. The Hall–Kier alpha value is -4.09. The van der Waals surface area contributed by atoms with Crippen LogP contribution in [0.2, 0.25) is 0 Å². The molecule has 2 aromatic carbocycles. The van der Waals surface area contributed by atoms with Gasteiger partial charge in [0.05, 0.1) is 11.2 Å². The van der Waals surface area contributed by atoms with Crippen molar-refractivity contribution >= 4 is 16.7 Å². The molecule has 0 aliphatic carbocycles. The van der Waals surface area contributed by atoms with Gasteiger partial charge >= 0.3 is 0 Å². The molecule has 0 radical (unpaired) electrons. The van der Waals surface area contributed by atoms with Gasteiger partial charge in [-0.05, 0) is 35.4 Å².